The molecule has 4 rings (SSSR count). The number of carbonyl (C=O) groups excluding carboxylic acids is 1. The average Bonchev–Trinajstić information content (AvgIpc) is 3.27. The Labute approximate surface area is 182 Å². The second-order valence-electron chi connectivity index (χ2n) is 7.16. The Balaban J connectivity index is 1.69. The summed E-state index contributed by atoms with van der Waals surface area (Å²) in [4.78, 5) is 31.9. The van der Waals surface area contributed by atoms with Gasteiger partial charge in [-0.2, -0.15) is 0 Å². The van der Waals surface area contributed by atoms with Crippen molar-refractivity contribution in [1.82, 2.24) is 10.2 Å². The number of hydrogen-bond donors (Lipinski definition) is 1. The molecule has 1 N–H and O–H groups in total. The summed E-state index contributed by atoms with van der Waals surface area (Å²) in [6.07, 6.45) is 0.649. The van der Waals surface area contributed by atoms with E-state index in [4.69, 9.17) is 4.74 Å². The van der Waals surface area contributed by atoms with Crippen LogP contribution in [0, 0.1) is 0 Å². The topological polar surface area (TPSA) is 115 Å². The van der Waals surface area contributed by atoms with Crippen LogP contribution in [0.5, 0.6) is 0 Å². The minimum atomic E-state index is -0.815. The van der Waals surface area contributed by atoms with Crippen molar-refractivity contribution in [2.75, 3.05) is 13.2 Å². The lowest BCUT2D eigenvalue weighted by molar-refractivity contribution is -0.742. The second kappa shape index (κ2) is 8.86. The Bertz CT molecular complexity index is 1180. The number of H-pyrrole nitrogens is 1. The molecular weight excluding hydrogens is 420 g/mol. The molecule has 0 radical (unpaired) electrons. The van der Waals surface area contributed by atoms with Crippen molar-refractivity contribution in [1.29, 1.82) is 0 Å². The van der Waals surface area contributed by atoms with E-state index in [-0.39, 0.29) is 17.3 Å². The number of thiophene rings is 1. The third kappa shape index (κ3) is 4.30. The van der Waals surface area contributed by atoms with E-state index in [1.165, 1.54) is 23.9 Å². The van der Waals surface area contributed by atoms with Gasteiger partial charge in [-0.15, -0.1) is 11.3 Å². The van der Waals surface area contributed by atoms with Crippen LogP contribution in [-0.4, -0.2) is 35.2 Å². The number of esters is 1. The first kappa shape index (κ1) is 21.0. The van der Waals surface area contributed by atoms with Crippen LogP contribution >= 0.6 is 11.3 Å². The molecule has 3 heterocycles. The molecule has 0 aliphatic carbocycles. The molecule has 1 aliphatic rings. The molecule has 0 fully saturated rings. The van der Waals surface area contributed by atoms with Crippen molar-refractivity contribution >= 4 is 28.2 Å². The second-order valence-corrected chi connectivity index (χ2v) is 8.24. The van der Waals surface area contributed by atoms with Crippen LogP contribution in [0.2, 0.25) is 0 Å². The van der Waals surface area contributed by atoms with Crippen LogP contribution in [-0.2, 0) is 31.3 Å². The largest absolute Gasteiger partial charge is 0.854 e. The van der Waals surface area contributed by atoms with Gasteiger partial charge in [-0.05, 0) is 29.7 Å². The van der Waals surface area contributed by atoms with Gasteiger partial charge in [-0.1, -0.05) is 35.0 Å². The van der Waals surface area contributed by atoms with Crippen molar-refractivity contribution < 1.29 is 23.8 Å². The monoisotopic (exact) mass is 442 g/mol. The van der Waals surface area contributed by atoms with Gasteiger partial charge in [-0.3, -0.25) is 9.42 Å². The standard InChI is InChI=1S/C21H22N4O5S/c1-3-29-20(27)16-14-9-10-25(11-13-7-5-4-6-8-13)12-15(14)31-19(16)22-18(26)17-21(28)30-23-24(17)2/h4-8H,3,9-12H2,1-2H3,(H-,22,23,26,27,28). The number of nitrogens with one attached hydrogen (secondary N) is 1. The van der Waals surface area contributed by atoms with Gasteiger partial charge in [0.15, 0.2) is 7.05 Å². The summed E-state index contributed by atoms with van der Waals surface area (Å²) in [7, 11) is 1.47. The van der Waals surface area contributed by atoms with E-state index in [9.17, 15) is 14.7 Å². The molecule has 9 nitrogen and oxygen atoms in total. The number of aryl methyl sites for hydroxylation is 1. The molecule has 0 saturated carbocycles. The first-order chi connectivity index (χ1) is 15.0. The molecule has 0 bridgehead atoms. The predicted octanol–water partition coefficient (Wildman–Crippen LogP) is 1.03. The van der Waals surface area contributed by atoms with Crippen molar-refractivity contribution in [3.8, 4) is 0 Å². The third-order valence-corrected chi connectivity index (χ3v) is 6.17. The number of rotatable bonds is 6. The van der Waals surface area contributed by atoms with Gasteiger partial charge in [0.2, 0.25) is 0 Å². The first-order valence-electron chi connectivity index (χ1n) is 9.89. The average molecular weight is 442 g/mol. The maximum Gasteiger partial charge on any atom is 0.435 e. The molecule has 162 valence electrons. The maximum absolute atomic E-state index is 12.7. The van der Waals surface area contributed by atoms with Crippen molar-refractivity contribution in [3.63, 3.8) is 0 Å². The van der Waals surface area contributed by atoms with Crippen molar-refractivity contribution in [2.45, 2.75) is 26.4 Å². The molecule has 0 atom stereocenters. The number of hydrogen-bond acceptors (Lipinski definition) is 8. The fraction of sp³-hybridized carbons (Fsp3) is 0.333. The number of nitrogens with zero attached hydrogens (tertiary/aromatic N) is 3. The number of aliphatic imine (C=N–C) groups is 1. The van der Waals surface area contributed by atoms with Gasteiger partial charge < -0.3 is 9.84 Å². The fourth-order valence-corrected chi connectivity index (χ4v) is 4.87. The summed E-state index contributed by atoms with van der Waals surface area (Å²) in [5, 5.41) is 15.2. The number of benzene rings is 1. The zero-order valence-corrected chi connectivity index (χ0v) is 18.0. The Kier molecular flexibility index (Phi) is 6.01. The molecule has 1 aromatic carbocycles. The van der Waals surface area contributed by atoms with Crippen molar-refractivity contribution in [2.24, 2.45) is 12.0 Å². The molecule has 0 amide bonds. The van der Waals surface area contributed by atoms with E-state index in [0.29, 0.717) is 18.5 Å². The molecule has 0 spiro atoms. The number of ether oxygens (including phenoxy) is 1. The SMILES string of the molecule is CCOC(=O)c1c(/N=C(\[O-])c2c(=O)o[nH][n+]2C)sc2c1CCN(Cc1ccccc1)C2. The Morgan fingerprint density at radius 3 is 2.84 bits per heavy atom. The smallest absolute Gasteiger partial charge is 0.435 e. The highest BCUT2D eigenvalue weighted by atomic mass is 32.1. The summed E-state index contributed by atoms with van der Waals surface area (Å²) >= 11 is 1.29. The summed E-state index contributed by atoms with van der Waals surface area (Å²) in [5.74, 6) is -1.28. The maximum atomic E-state index is 12.7. The highest BCUT2D eigenvalue weighted by Gasteiger charge is 2.29. The molecule has 2 aromatic heterocycles. The van der Waals surface area contributed by atoms with Gasteiger partial charge in [0.05, 0.1) is 18.1 Å². The zero-order chi connectivity index (χ0) is 22.0. The van der Waals surface area contributed by atoms with Gasteiger partial charge in [0, 0.05) is 24.5 Å². The lowest BCUT2D eigenvalue weighted by Gasteiger charge is -2.27. The van der Waals surface area contributed by atoms with Gasteiger partial charge in [0.25, 0.3) is 0 Å². The number of fused-ring (bicyclic) bond motifs is 1. The Hall–Kier alpha value is -3.24. The highest BCUT2D eigenvalue weighted by Crippen LogP contribution is 2.39. The van der Waals surface area contributed by atoms with Gasteiger partial charge >= 0.3 is 17.3 Å². The zero-order valence-electron chi connectivity index (χ0n) is 17.2. The number of aromatic nitrogens is 2. The molecule has 0 unspecified atom stereocenters. The fourth-order valence-electron chi connectivity index (χ4n) is 3.63. The highest BCUT2D eigenvalue weighted by molar-refractivity contribution is 7.16. The van der Waals surface area contributed by atoms with E-state index in [0.717, 1.165) is 28.2 Å². The van der Waals surface area contributed by atoms with E-state index in [2.05, 4.69) is 31.8 Å². The molecule has 31 heavy (non-hydrogen) atoms. The van der Waals surface area contributed by atoms with Crippen LogP contribution in [0.1, 0.15) is 39.0 Å². The van der Waals surface area contributed by atoms with Crippen molar-refractivity contribution in [3.05, 3.63) is 68.0 Å². The summed E-state index contributed by atoms with van der Waals surface area (Å²) in [5.41, 5.74) is 1.33. The van der Waals surface area contributed by atoms with Gasteiger partial charge in [0.1, 0.15) is 5.00 Å². The minimum absolute atomic E-state index is 0.216. The Morgan fingerprint density at radius 1 is 1.39 bits per heavy atom. The van der Waals surface area contributed by atoms with Crippen LogP contribution < -0.4 is 15.4 Å². The first-order valence-corrected chi connectivity index (χ1v) is 10.7. The van der Waals surface area contributed by atoms with E-state index in [1.54, 1.807) is 6.92 Å². The van der Waals surface area contributed by atoms with Crippen LogP contribution in [0.15, 0.2) is 44.6 Å². The third-order valence-electron chi connectivity index (χ3n) is 5.06. The normalized spacial score (nSPS) is 14.5. The summed E-state index contributed by atoms with van der Waals surface area (Å²) in [6, 6.07) is 10.2. The lowest BCUT2D eigenvalue weighted by Crippen LogP contribution is -2.43. The molecule has 1 aliphatic heterocycles. The number of carbonyl (C=O) groups is 1. The summed E-state index contributed by atoms with van der Waals surface area (Å²) in [6.45, 7) is 4.15. The quantitative estimate of drug-likeness (QED) is 0.264. The molecule has 10 heteroatoms. The molecular formula is C21H22N4O5S. The molecule has 0 saturated heterocycles. The van der Waals surface area contributed by atoms with E-state index < -0.39 is 17.5 Å². The van der Waals surface area contributed by atoms with Crippen LogP contribution in [0.25, 0.3) is 0 Å². The van der Waals surface area contributed by atoms with Crippen LogP contribution in [0.4, 0.5) is 5.00 Å². The van der Waals surface area contributed by atoms with Crippen LogP contribution in [0.3, 0.4) is 0 Å². The summed E-state index contributed by atoms with van der Waals surface area (Å²) < 4.78 is 11.0. The van der Waals surface area contributed by atoms with E-state index in [1.807, 2.05) is 18.2 Å². The Morgan fingerprint density at radius 2 is 2.16 bits per heavy atom. The minimum Gasteiger partial charge on any atom is -0.854 e. The molecule has 3 aromatic rings. The van der Waals surface area contributed by atoms with E-state index >= 15 is 0 Å². The van der Waals surface area contributed by atoms with Gasteiger partial charge in [-0.25, -0.2) is 14.6 Å². The predicted molar refractivity (Wildman–Crippen MR) is 111 cm³/mol. The lowest BCUT2D eigenvalue weighted by atomic mass is 10.0. The number of aromatic amines is 1.